The van der Waals surface area contributed by atoms with Crippen molar-refractivity contribution in [2.75, 3.05) is 17.3 Å². The summed E-state index contributed by atoms with van der Waals surface area (Å²) in [5.74, 6) is -3.79. The van der Waals surface area contributed by atoms with Gasteiger partial charge in [-0.25, -0.2) is 8.78 Å². The highest BCUT2D eigenvalue weighted by Crippen LogP contribution is 2.41. The van der Waals surface area contributed by atoms with Gasteiger partial charge in [0.05, 0.1) is 26.9 Å². The molecular formula is C21H19Cl2F5N2O2S. The average molecular weight is 529 g/mol. The number of rotatable bonds is 8. The summed E-state index contributed by atoms with van der Waals surface area (Å²) in [7, 11) is 0. The molecule has 180 valence electrons. The molecular weight excluding hydrogens is 510 g/mol. The van der Waals surface area contributed by atoms with E-state index in [1.165, 1.54) is 30.0 Å². The van der Waals surface area contributed by atoms with E-state index in [4.69, 9.17) is 23.2 Å². The monoisotopic (exact) mass is 528 g/mol. The van der Waals surface area contributed by atoms with Crippen LogP contribution in [-0.4, -0.2) is 42.5 Å². The molecule has 0 bridgehead atoms. The molecule has 2 atom stereocenters. The molecule has 2 aromatic carbocycles. The summed E-state index contributed by atoms with van der Waals surface area (Å²) in [4.78, 5) is 25.5. The first-order valence-electron chi connectivity index (χ1n) is 9.40. The van der Waals surface area contributed by atoms with Gasteiger partial charge in [-0.3, -0.25) is 9.59 Å². The second kappa shape index (κ2) is 11.4. The van der Waals surface area contributed by atoms with Gasteiger partial charge in [-0.1, -0.05) is 35.3 Å². The molecule has 0 radical (unpaired) electrons. The highest BCUT2D eigenvalue weighted by Gasteiger charge is 2.47. The number of hydrogen-bond donors (Lipinski definition) is 2. The van der Waals surface area contributed by atoms with Crippen molar-refractivity contribution in [3.05, 3.63) is 63.1 Å². The average Bonchev–Trinajstić information content (AvgIpc) is 2.68. The Balaban J connectivity index is 2.32. The van der Waals surface area contributed by atoms with Crippen LogP contribution in [0.2, 0.25) is 10.0 Å². The summed E-state index contributed by atoms with van der Waals surface area (Å²) in [5, 5.41) is 4.74. The Morgan fingerprint density at radius 1 is 1.06 bits per heavy atom. The van der Waals surface area contributed by atoms with E-state index >= 15 is 0 Å². The number of halogens is 7. The normalized spacial score (nSPS) is 13.5. The molecule has 33 heavy (non-hydrogen) atoms. The fraction of sp³-hybridized carbons (Fsp3) is 0.333. The summed E-state index contributed by atoms with van der Waals surface area (Å²) in [6.45, 7) is 1.78. The molecule has 0 aliphatic heterocycles. The van der Waals surface area contributed by atoms with Crippen molar-refractivity contribution < 1.29 is 31.5 Å². The highest BCUT2D eigenvalue weighted by atomic mass is 35.5. The van der Waals surface area contributed by atoms with Crippen molar-refractivity contribution in [2.45, 2.75) is 31.5 Å². The maximum atomic E-state index is 13.0. The van der Waals surface area contributed by atoms with Gasteiger partial charge >= 0.3 is 6.18 Å². The van der Waals surface area contributed by atoms with Gasteiger partial charge in [0.2, 0.25) is 0 Å². The number of nitrogens with one attached hydrogen (secondary N) is 2. The van der Waals surface area contributed by atoms with E-state index in [1.807, 2.05) is 6.26 Å². The summed E-state index contributed by atoms with van der Waals surface area (Å²) in [5.41, 5.74) is -1.06. The largest absolute Gasteiger partial charge is 0.401 e. The zero-order valence-electron chi connectivity index (χ0n) is 17.3. The molecule has 12 heteroatoms. The van der Waals surface area contributed by atoms with Gasteiger partial charge in [-0.05, 0) is 43.0 Å². The van der Waals surface area contributed by atoms with E-state index in [-0.39, 0.29) is 32.9 Å². The molecule has 2 N–H and O–H groups in total. The van der Waals surface area contributed by atoms with Gasteiger partial charge in [0, 0.05) is 11.8 Å². The Hall–Kier alpha value is -2.04. The molecule has 0 aliphatic rings. The number of carbonyl (C=O) groups is 2. The van der Waals surface area contributed by atoms with E-state index in [0.717, 1.165) is 18.2 Å². The van der Waals surface area contributed by atoms with Crippen LogP contribution < -0.4 is 10.6 Å². The zero-order valence-corrected chi connectivity index (χ0v) is 19.6. The van der Waals surface area contributed by atoms with Crippen LogP contribution in [0.15, 0.2) is 36.4 Å². The van der Waals surface area contributed by atoms with E-state index in [9.17, 15) is 31.5 Å². The molecule has 0 aliphatic carbocycles. The van der Waals surface area contributed by atoms with Gasteiger partial charge < -0.3 is 10.6 Å². The quantitative estimate of drug-likeness (QED) is 0.377. The third kappa shape index (κ3) is 6.97. The Morgan fingerprint density at radius 2 is 1.73 bits per heavy atom. The Morgan fingerprint density at radius 3 is 2.27 bits per heavy atom. The minimum absolute atomic E-state index is 0.0166. The predicted molar refractivity (Wildman–Crippen MR) is 121 cm³/mol. The number of alkyl halides is 5. The molecule has 1 unspecified atom stereocenters. The molecule has 0 saturated heterocycles. The lowest BCUT2D eigenvalue weighted by Crippen LogP contribution is -2.35. The van der Waals surface area contributed by atoms with Crippen LogP contribution in [0.1, 0.15) is 39.1 Å². The van der Waals surface area contributed by atoms with Crippen molar-refractivity contribution in [1.82, 2.24) is 5.32 Å². The summed E-state index contributed by atoms with van der Waals surface area (Å²) >= 11 is 13.6. The molecule has 2 rings (SSSR count). The smallest absolute Gasteiger partial charge is 0.349 e. The number of benzene rings is 2. The lowest BCUT2D eigenvalue weighted by molar-refractivity contribution is -0.178. The topological polar surface area (TPSA) is 58.2 Å². The van der Waals surface area contributed by atoms with Crippen LogP contribution in [0.25, 0.3) is 0 Å². The van der Waals surface area contributed by atoms with Crippen LogP contribution in [0.3, 0.4) is 0 Å². The van der Waals surface area contributed by atoms with Gasteiger partial charge in [0.1, 0.15) is 5.92 Å². The Labute approximate surface area is 201 Å². The number of thioether (sulfide) groups is 1. The fourth-order valence-corrected chi connectivity index (χ4v) is 4.10. The standard InChI is InChI=1S/C21H19Cl2F5N2O2S/c1-10(9-33-2)29-20(32)16-12(4-3-5-13(16)22)19(31)30-15-7-6-11(8-14(15)23)17(18(24)25)21(26,27)28/h3-8,10,17-18H,9H2,1-2H3,(H,29,32)(H,30,31)/t10-,17?/m0/s1. The second-order valence-corrected chi connectivity index (χ2v) is 8.76. The van der Waals surface area contributed by atoms with Crippen LogP contribution in [0.4, 0.5) is 27.6 Å². The lowest BCUT2D eigenvalue weighted by Gasteiger charge is -2.20. The number of hydrogen-bond acceptors (Lipinski definition) is 3. The van der Waals surface area contributed by atoms with Gasteiger partial charge in [-0.15, -0.1) is 0 Å². The minimum Gasteiger partial charge on any atom is -0.349 e. The summed E-state index contributed by atoms with van der Waals surface area (Å²) < 4.78 is 64.8. The van der Waals surface area contributed by atoms with Gasteiger partial charge in [0.25, 0.3) is 18.2 Å². The van der Waals surface area contributed by atoms with Crippen LogP contribution in [0, 0.1) is 0 Å². The van der Waals surface area contributed by atoms with Crippen molar-refractivity contribution in [1.29, 1.82) is 0 Å². The van der Waals surface area contributed by atoms with Crippen molar-refractivity contribution in [3.63, 3.8) is 0 Å². The van der Waals surface area contributed by atoms with Crippen LogP contribution in [0.5, 0.6) is 0 Å². The van der Waals surface area contributed by atoms with Crippen molar-refractivity contribution in [2.24, 2.45) is 0 Å². The summed E-state index contributed by atoms with van der Waals surface area (Å²) in [6, 6.07) is 6.52. The Bertz CT molecular complexity index is 1020. The molecule has 2 aromatic rings. The van der Waals surface area contributed by atoms with E-state index in [1.54, 1.807) is 6.92 Å². The third-order valence-corrected chi connectivity index (χ3v) is 5.95. The van der Waals surface area contributed by atoms with Crippen molar-refractivity contribution >= 4 is 52.5 Å². The molecule has 0 aromatic heterocycles. The first kappa shape index (κ1) is 27.2. The predicted octanol–water partition coefficient (Wildman–Crippen LogP) is 6.64. The highest BCUT2D eigenvalue weighted by molar-refractivity contribution is 7.98. The third-order valence-electron chi connectivity index (χ3n) is 4.48. The molecule has 0 heterocycles. The SMILES string of the molecule is CSC[C@H](C)NC(=O)c1c(Cl)cccc1C(=O)Nc1ccc(C(C(F)F)C(F)(F)F)cc1Cl. The van der Waals surface area contributed by atoms with Crippen LogP contribution >= 0.6 is 35.0 Å². The number of anilines is 1. The first-order chi connectivity index (χ1) is 15.4. The zero-order chi connectivity index (χ0) is 24.9. The molecule has 2 amide bonds. The first-order valence-corrected chi connectivity index (χ1v) is 11.6. The summed E-state index contributed by atoms with van der Waals surface area (Å²) in [6.07, 6.45) is -7.01. The van der Waals surface area contributed by atoms with Gasteiger partial charge in [0.15, 0.2) is 0 Å². The molecule has 4 nitrogen and oxygen atoms in total. The van der Waals surface area contributed by atoms with E-state index < -0.39 is 35.9 Å². The second-order valence-electron chi connectivity index (χ2n) is 7.04. The molecule has 0 fully saturated rings. The Kier molecular flexibility index (Phi) is 9.39. The maximum Gasteiger partial charge on any atom is 0.401 e. The van der Waals surface area contributed by atoms with E-state index in [2.05, 4.69) is 10.6 Å². The minimum atomic E-state index is -5.18. The van der Waals surface area contributed by atoms with Crippen molar-refractivity contribution in [3.8, 4) is 0 Å². The van der Waals surface area contributed by atoms with Crippen LogP contribution in [-0.2, 0) is 0 Å². The number of carbonyl (C=O) groups excluding carboxylic acids is 2. The molecule has 0 saturated carbocycles. The number of amides is 2. The fourth-order valence-electron chi connectivity index (χ4n) is 3.02. The van der Waals surface area contributed by atoms with Gasteiger partial charge in [-0.2, -0.15) is 24.9 Å². The maximum absolute atomic E-state index is 13.0. The molecule has 0 spiro atoms. The van der Waals surface area contributed by atoms with E-state index in [0.29, 0.717) is 5.75 Å². The lowest BCUT2D eigenvalue weighted by atomic mass is 9.98.